The molecule has 22 heavy (non-hydrogen) atoms. The Balaban J connectivity index is 1.72. The average Bonchev–Trinajstić information content (AvgIpc) is 3.05. The molecule has 1 atom stereocenters. The highest BCUT2D eigenvalue weighted by Crippen LogP contribution is 2.28. The van der Waals surface area contributed by atoms with Crippen LogP contribution in [0.15, 0.2) is 29.6 Å². The van der Waals surface area contributed by atoms with Gasteiger partial charge in [0.15, 0.2) is 0 Å². The molecule has 1 aliphatic rings. The van der Waals surface area contributed by atoms with Crippen LogP contribution in [0.4, 0.5) is 14.5 Å². The van der Waals surface area contributed by atoms with E-state index in [1.54, 1.807) is 18.2 Å². The second-order valence-electron chi connectivity index (χ2n) is 5.36. The van der Waals surface area contributed by atoms with Crippen LogP contribution >= 0.6 is 11.3 Å². The number of benzene rings is 1. The standard InChI is InChI=1S/C15H15F2N3OS/c1-9-7-22-14(19-9)10-3-2-4-11(5-10)20-13(21)12-6-15(16,17)8-18-12/h2-5,7,12,18H,6,8H2,1H3,(H,20,21). The van der Waals surface area contributed by atoms with Gasteiger partial charge in [0.05, 0.1) is 12.6 Å². The second-order valence-corrected chi connectivity index (χ2v) is 6.22. The highest BCUT2D eigenvalue weighted by molar-refractivity contribution is 7.13. The Morgan fingerprint density at radius 2 is 2.32 bits per heavy atom. The smallest absolute Gasteiger partial charge is 0.262 e. The van der Waals surface area contributed by atoms with Crippen molar-refractivity contribution in [3.63, 3.8) is 0 Å². The number of aryl methyl sites for hydroxylation is 1. The first kappa shape index (κ1) is 15.1. The number of alkyl halides is 2. The van der Waals surface area contributed by atoms with E-state index in [0.717, 1.165) is 16.3 Å². The molecule has 2 N–H and O–H groups in total. The number of rotatable bonds is 3. The molecule has 0 spiro atoms. The molecule has 2 heterocycles. The Morgan fingerprint density at radius 1 is 1.50 bits per heavy atom. The SMILES string of the molecule is Cc1csc(-c2cccc(NC(=O)C3CC(F)(F)CN3)c2)n1. The monoisotopic (exact) mass is 323 g/mol. The molecule has 1 aromatic heterocycles. The van der Waals surface area contributed by atoms with Gasteiger partial charge in [0.25, 0.3) is 5.92 Å². The number of carbonyl (C=O) groups excluding carboxylic acids is 1. The Morgan fingerprint density at radius 3 is 2.95 bits per heavy atom. The first-order chi connectivity index (χ1) is 10.4. The van der Waals surface area contributed by atoms with Crippen LogP contribution in [0.5, 0.6) is 0 Å². The molecule has 0 radical (unpaired) electrons. The third-order valence-corrected chi connectivity index (χ3v) is 4.43. The van der Waals surface area contributed by atoms with Gasteiger partial charge in [-0.2, -0.15) is 0 Å². The van der Waals surface area contributed by atoms with Gasteiger partial charge in [-0.15, -0.1) is 11.3 Å². The molecule has 4 nitrogen and oxygen atoms in total. The minimum absolute atomic E-state index is 0.440. The number of carbonyl (C=O) groups is 1. The van der Waals surface area contributed by atoms with Crippen molar-refractivity contribution in [2.24, 2.45) is 0 Å². The lowest BCUT2D eigenvalue weighted by molar-refractivity contribution is -0.118. The van der Waals surface area contributed by atoms with E-state index in [2.05, 4.69) is 15.6 Å². The van der Waals surface area contributed by atoms with Gasteiger partial charge in [0, 0.05) is 28.7 Å². The lowest BCUT2D eigenvalue weighted by Gasteiger charge is -2.11. The molecule has 1 unspecified atom stereocenters. The van der Waals surface area contributed by atoms with Gasteiger partial charge in [-0.05, 0) is 19.1 Å². The van der Waals surface area contributed by atoms with E-state index in [9.17, 15) is 13.6 Å². The number of nitrogens with one attached hydrogen (secondary N) is 2. The Hall–Kier alpha value is -1.86. The summed E-state index contributed by atoms with van der Waals surface area (Å²) in [5.74, 6) is -3.26. The number of thiazole rings is 1. The summed E-state index contributed by atoms with van der Waals surface area (Å²) in [7, 11) is 0. The number of anilines is 1. The van der Waals surface area contributed by atoms with Gasteiger partial charge in [-0.25, -0.2) is 13.8 Å². The van der Waals surface area contributed by atoms with Gasteiger partial charge < -0.3 is 5.32 Å². The van der Waals surface area contributed by atoms with Gasteiger partial charge in [0.2, 0.25) is 5.91 Å². The van der Waals surface area contributed by atoms with Crippen molar-refractivity contribution in [1.29, 1.82) is 0 Å². The highest BCUT2D eigenvalue weighted by atomic mass is 32.1. The molecule has 7 heteroatoms. The van der Waals surface area contributed by atoms with Crippen LogP contribution < -0.4 is 10.6 Å². The Labute approximate surface area is 130 Å². The van der Waals surface area contributed by atoms with Crippen LogP contribution in [-0.2, 0) is 4.79 Å². The normalized spacial score (nSPS) is 20.0. The van der Waals surface area contributed by atoms with E-state index in [0.29, 0.717) is 5.69 Å². The fourth-order valence-electron chi connectivity index (χ4n) is 2.35. The zero-order chi connectivity index (χ0) is 15.7. The average molecular weight is 323 g/mol. The van der Waals surface area contributed by atoms with E-state index in [-0.39, 0.29) is 0 Å². The highest BCUT2D eigenvalue weighted by Gasteiger charge is 2.42. The van der Waals surface area contributed by atoms with Crippen molar-refractivity contribution < 1.29 is 13.6 Å². The number of aromatic nitrogens is 1. The van der Waals surface area contributed by atoms with Crippen LogP contribution in [0.3, 0.4) is 0 Å². The van der Waals surface area contributed by atoms with E-state index in [1.807, 2.05) is 18.4 Å². The summed E-state index contributed by atoms with van der Waals surface area (Å²) in [6.07, 6.45) is -0.468. The van der Waals surface area contributed by atoms with Gasteiger partial charge >= 0.3 is 0 Å². The topological polar surface area (TPSA) is 54.0 Å². The van der Waals surface area contributed by atoms with Crippen molar-refractivity contribution in [2.75, 3.05) is 11.9 Å². The largest absolute Gasteiger partial charge is 0.325 e. The molecule has 116 valence electrons. The van der Waals surface area contributed by atoms with Crippen LogP contribution in [0.2, 0.25) is 0 Å². The first-order valence-electron chi connectivity index (χ1n) is 6.88. The van der Waals surface area contributed by atoms with Gasteiger partial charge in [-0.1, -0.05) is 12.1 Å². The molecular formula is C15H15F2N3OS. The summed E-state index contributed by atoms with van der Waals surface area (Å²) >= 11 is 1.52. The maximum Gasteiger partial charge on any atom is 0.262 e. The maximum absolute atomic E-state index is 13.1. The Kier molecular flexibility index (Phi) is 3.92. The second kappa shape index (κ2) is 5.73. The molecule has 1 amide bonds. The van der Waals surface area contributed by atoms with Gasteiger partial charge in [0.1, 0.15) is 5.01 Å². The fraction of sp³-hybridized carbons (Fsp3) is 0.333. The first-order valence-corrected chi connectivity index (χ1v) is 7.76. The minimum Gasteiger partial charge on any atom is -0.325 e. The molecule has 0 bridgehead atoms. The predicted octanol–water partition coefficient (Wildman–Crippen LogP) is 3.05. The Bertz CT molecular complexity index is 702. The molecule has 1 fully saturated rings. The molecule has 1 saturated heterocycles. The predicted molar refractivity (Wildman–Crippen MR) is 82.3 cm³/mol. The summed E-state index contributed by atoms with van der Waals surface area (Å²) in [5.41, 5.74) is 2.40. The zero-order valence-corrected chi connectivity index (χ0v) is 12.7. The number of hydrogen-bond donors (Lipinski definition) is 2. The van der Waals surface area contributed by atoms with E-state index >= 15 is 0 Å². The van der Waals surface area contributed by atoms with Crippen LogP contribution in [0.1, 0.15) is 12.1 Å². The summed E-state index contributed by atoms with van der Waals surface area (Å²) in [6, 6.07) is 6.37. The van der Waals surface area contributed by atoms with E-state index < -0.39 is 30.8 Å². The summed E-state index contributed by atoms with van der Waals surface area (Å²) in [5, 5.41) is 8.03. The molecule has 1 aromatic carbocycles. The number of amides is 1. The molecule has 2 aromatic rings. The number of halogens is 2. The maximum atomic E-state index is 13.1. The van der Waals surface area contributed by atoms with Crippen LogP contribution in [0, 0.1) is 6.92 Å². The van der Waals surface area contributed by atoms with Crippen LogP contribution in [0.25, 0.3) is 10.6 Å². The number of nitrogens with zero attached hydrogens (tertiary/aromatic N) is 1. The van der Waals surface area contributed by atoms with Gasteiger partial charge in [-0.3, -0.25) is 10.1 Å². The molecular weight excluding hydrogens is 308 g/mol. The third-order valence-electron chi connectivity index (χ3n) is 3.42. The number of hydrogen-bond acceptors (Lipinski definition) is 4. The lowest BCUT2D eigenvalue weighted by atomic mass is 10.1. The van der Waals surface area contributed by atoms with Crippen molar-refractivity contribution in [1.82, 2.24) is 10.3 Å². The van der Waals surface area contributed by atoms with Crippen molar-refractivity contribution in [3.05, 3.63) is 35.3 Å². The lowest BCUT2D eigenvalue weighted by Crippen LogP contribution is -2.35. The third kappa shape index (κ3) is 3.31. The molecule has 0 saturated carbocycles. The summed E-state index contributed by atoms with van der Waals surface area (Å²) in [6.45, 7) is 1.46. The summed E-state index contributed by atoms with van der Waals surface area (Å²) < 4.78 is 26.3. The van der Waals surface area contributed by atoms with E-state index in [4.69, 9.17) is 0 Å². The van der Waals surface area contributed by atoms with Crippen LogP contribution in [-0.4, -0.2) is 29.4 Å². The molecule has 3 rings (SSSR count). The van der Waals surface area contributed by atoms with Crippen molar-refractivity contribution >= 4 is 22.9 Å². The molecule has 1 aliphatic heterocycles. The zero-order valence-electron chi connectivity index (χ0n) is 11.9. The van der Waals surface area contributed by atoms with Crippen molar-refractivity contribution in [2.45, 2.75) is 25.3 Å². The minimum atomic E-state index is -2.82. The molecule has 0 aliphatic carbocycles. The van der Waals surface area contributed by atoms with E-state index in [1.165, 1.54) is 11.3 Å². The summed E-state index contributed by atoms with van der Waals surface area (Å²) in [4.78, 5) is 16.4. The quantitative estimate of drug-likeness (QED) is 0.913. The fourth-order valence-corrected chi connectivity index (χ4v) is 3.14. The van der Waals surface area contributed by atoms with Crippen molar-refractivity contribution in [3.8, 4) is 10.6 Å².